The molecule has 0 bridgehead atoms. The number of aromatic nitrogens is 1. The Morgan fingerprint density at radius 3 is 2.41 bits per heavy atom. The summed E-state index contributed by atoms with van der Waals surface area (Å²) in [6, 6.07) is 1.37. The molecule has 6 heteroatoms. The predicted octanol–water partition coefficient (Wildman–Crippen LogP) is 1.25. The van der Waals surface area contributed by atoms with Gasteiger partial charge in [-0.15, -0.1) is 0 Å². The zero-order valence-electron chi connectivity index (χ0n) is 9.85. The zero-order chi connectivity index (χ0) is 13.0. The fourth-order valence-corrected chi connectivity index (χ4v) is 1.31. The summed E-state index contributed by atoms with van der Waals surface area (Å²) in [7, 11) is 0. The van der Waals surface area contributed by atoms with E-state index in [-0.39, 0.29) is 24.0 Å². The first-order valence-corrected chi connectivity index (χ1v) is 5.05. The lowest BCUT2D eigenvalue weighted by atomic mass is 10.4. The van der Waals surface area contributed by atoms with Crippen LogP contribution in [0.25, 0.3) is 0 Å². The second kappa shape index (κ2) is 5.29. The van der Waals surface area contributed by atoms with Crippen LogP contribution in [0.15, 0.2) is 12.3 Å². The van der Waals surface area contributed by atoms with Crippen LogP contribution in [0, 0.1) is 0 Å². The third-order valence-corrected chi connectivity index (χ3v) is 1.91. The maximum Gasteiger partial charge on any atom is 0.359 e. The Hall–Kier alpha value is -2.11. The number of rotatable bonds is 3. The topological polar surface area (TPSA) is 74.6 Å². The van der Waals surface area contributed by atoms with Crippen molar-refractivity contribution in [1.82, 2.24) is 4.57 Å². The van der Waals surface area contributed by atoms with E-state index < -0.39 is 11.9 Å². The normalized spacial score (nSPS) is 9.82. The van der Waals surface area contributed by atoms with Crippen LogP contribution in [0.3, 0.4) is 0 Å². The second-order valence-electron chi connectivity index (χ2n) is 3.23. The number of hydrogen-bond acceptors (Lipinski definition) is 5. The minimum atomic E-state index is -0.705. The molecule has 0 spiro atoms. The summed E-state index contributed by atoms with van der Waals surface area (Å²) in [5, 5.41) is 0. The molecule has 0 aliphatic carbocycles. The summed E-state index contributed by atoms with van der Waals surface area (Å²) in [4.78, 5) is 33.8. The highest BCUT2D eigenvalue weighted by Gasteiger charge is 2.22. The molecule has 0 aliphatic heterocycles. The molecule has 0 radical (unpaired) electrons. The third-order valence-electron chi connectivity index (χ3n) is 1.91. The Balaban J connectivity index is 3.19. The van der Waals surface area contributed by atoms with Gasteiger partial charge in [-0.1, -0.05) is 0 Å². The van der Waals surface area contributed by atoms with Crippen LogP contribution < -0.4 is 4.74 Å². The van der Waals surface area contributed by atoms with Gasteiger partial charge in [0.15, 0.2) is 11.4 Å². The lowest BCUT2D eigenvalue weighted by Crippen LogP contribution is -2.17. The quantitative estimate of drug-likeness (QED) is 0.742. The standard InChI is InChI=1S/C11H13NO5/c1-4-16-11(15)10-9(17-8(3)14)5-6-12(10)7(2)13/h5-6H,4H2,1-3H3. The molecule has 0 unspecified atom stereocenters. The summed E-state index contributed by atoms with van der Waals surface area (Å²) in [6.45, 7) is 4.31. The van der Waals surface area contributed by atoms with Gasteiger partial charge in [-0.25, -0.2) is 4.79 Å². The second-order valence-corrected chi connectivity index (χ2v) is 3.23. The zero-order valence-corrected chi connectivity index (χ0v) is 9.85. The number of ether oxygens (including phenoxy) is 2. The van der Waals surface area contributed by atoms with E-state index in [9.17, 15) is 14.4 Å². The van der Waals surface area contributed by atoms with Gasteiger partial charge in [0.1, 0.15) is 0 Å². The molecule has 0 atom stereocenters. The van der Waals surface area contributed by atoms with Gasteiger partial charge in [-0.05, 0) is 6.92 Å². The summed E-state index contributed by atoms with van der Waals surface area (Å²) < 4.78 is 10.7. The van der Waals surface area contributed by atoms with Crippen molar-refractivity contribution in [3.8, 4) is 5.75 Å². The molecule has 0 saturated carbocycles. The van der Waals surface area contributed by atoms with Gasteiger partial charge in [0.25, 0.3) is 0 Å². The van der Waals surface area contributed by atoms with Crippen LogP contribution in [0.1, 0.15) is 36.1 Å². The van der Waals surface area contributed by atoms with Crippen LogP contribution in [0.5, 0.6) is 5.75 Å². The molecule has 17 heavy (non-hydrogen) atoms. The van der Waals surface area contributed by atoms with Crippen molar-refractivity contribution in [2.24, 2.45) is 0 Å². The van der Waals surface area contributed by atoms with Gasteiger partial charge in [-0.3, -0.25) is 14.2 Å². The van der Waals surface area contributed by atoms with E-state index in [1.54, 1.807) is 6.92 Å². The minimum Gasteiger partial charge on any atom is -0.461 e. The highest BCUT2D eigenvalue weighted by atomic mass is 16.5. The van der Waals surface area contributed by atoms with Gasteiger partial charge >= 0.3 is 11.9 Å². The number of hydrogen-bond donors (Lipinski definition) is 0. The van der Waals surface area contributed by atoms with E-state index in [4.69, 9.17) is 9.47 Å². The third kappa shape index (κ3) is 2.93. The Bertz CT molecular complexity index is 460. The van der Waals surface area contributed by atoms with E-state index in [0.717, 1.165) is 4.57 Å². The molecule has 1 aromatic heterocycles. The number of carbonyl (C=O) groups excluding carboxylic acids is 3. The smallest absolute Gasteiger partial charge is 0.359 e. The SMILES string of the molecule is CCOC(=O)c1c(OC(C)=O)ccn1C(C)=O. The molecule has 0 fully saturated rings. The summed E-state index contributed by atoms with van der Waals surface area (Å²) in [6.07, 6.45) is 1.35. The molecule has 0 aromatic carbocycles. The van der Waals surface area contributed by atoms with Crippen molar-refractivity contribution in [3.05, 3.63) is 18.0 Å². The van der Waals surface area contributed by atoms with Crippen LogP contribution in [-0.2, 0) is 9.53 Å². The first kappa shape index (κ1) is 13.0. The maximum absolute atomic E-state index is 11.6. The van der Waals surface area contributed by atoms with Crippen molar-refractivity contribution < 1.29 is 23.9 Å². The monoisotopic (exact) mass is 239 g/mol. The average Bonchev–Trinajstić information content (AvgIpc) is 2.60. The average molecular weight is 239 g/mol. The van der Waals surface area contributed by atoms with E-state index >= 15 is 0 Å². The Morgan fingerprint density at radius 2 is 1.94 bits per heavy atom. The minimum absolute atomic E-state index is 0.0196. The molecule has 0 saturated heterocycles. The fraction of sp³-hybridized carbons (Fsp3) is 0.364. The number of esters is 2. The molecule has 1 heterocycles. The molecule has 6 nitrogen and oxygen atoms in total. The van der Waals surface area contributed by atoms with Crippen LogP contribution in [-0.4, -0.2) is 29.0 Å². The summed E-state index contributed by atoms with van der Waals surface area (Å²) in [5.41, 5.74) is -0.0745. The van der Waals surface area contributed by atoms with Gasteiger partial charge in [0.05, 0.1) is 6.61 Å². The van der Waals surface area contributed by atoms with Crippen molar-refractivity contribution >= 4 is 17.8 Å². The Morgan fingerprint density at radius 1 is 1.29 bits per heavy atom. The first-order valence-electron chi connectivity index (χ1n) is 5.05. The van der Waals surface area contributed by atoms with Crippen LogP contribution >= 0.6 is 0 Å². The molecule has 1 aromatic rings. The van der Waals surface area contributed by atoms with Crippen LogP contribution in [0.4, 0.5) is 0 Å². The number of carbonyl (C=O) groups is 3. The highest BCUT2D eigenvalue weighted by molar-refractivity contribution is 5.96. The van der Waals surface area contributed by atoms with E-state index in [1.807, 2.05) is 0 Å². The Labute approximate surface area is 98.1 Å². The molecule has 0 amide bonds. The predicted molar refractivity (Wildman–Crippen MR) is 58.0 cm³/mol. The van der Waals surface area contributed by atoms with Crippen molar-refractivity contribution in [2.75, 3.05) is 6.61 Å². The van der Waals surface area contributed by atoms with Gasteiger partial charge in [0.2, 0.25) is 5.91 Å². The largest absolute Gasteiger partial charge is 0.461 e. The molecular formula is C11H13NO5. The van der Waals surface area contributed by atoms with Crippen molar-refractivity contribution in [3.63, 3.8) is 0 Å². The van der Waals surface area contributed by atoms with E-state index in [2.05, 4.69) is 0 Å². The summed E-state index contributed by atoms with van der Waals surface area (Å²) in [5.74, 6) is -1.63. The van der Waals surface area contributed by atoms with Gasteiger partial charge in [0, 0.05) is 26.1 Å². The van der Waals surface area contributed by atoms with Crippen molar-refractivity contribution in [1.29, 1.82) is 0 Å². The maximum atomic E-state index is 11.6. The van der Waals surface area contributed by atoms with Crippen LogP contribution in [0.2, 0.25) is 0 Å². The first-order chi connectivity index (χ1) is 7.97. The van der Waals surface area contributed by atoms with E-state index in [0.29, 0.717) is 0 Å². The summed E-state index contributed by atoms with van der Waals surface area (Å²) >= 11 is 0. The Kier molecular flexibility index (Phi) is 4.03. The molecule has 0 aliphatic rings. The number of nitrogens with zero attached hydrogens (tertiary/aromatic N) is 1. The van der Waals surface area contributed by atoms with Gasteiger partial charge in [-0.2, -0.15) is 0 Å². The highest BCUT2D eigenvalue weighted by Crippen LogP contribution is 2.21. The molecular weight excluding hydrogens is 226 g/mol. The van der Waals surface area contributed by atoms with Gasteiger partial charge < -0.3 is 9.47 Å². The lowest BCUT2D eigenvalue weighted by Gasteiger charge is -2.07. The van der Waals surface area contributed by atoms with E-state index in [1.165, 1.54) is 26.1 Å². The molecule has 1 rings (SSSR count). The lowest BCUT2D eigenvalue weighted by molar-refractivity contribution is -0.131. The molecule has 0 N–H and O–H groups in total. The van der Waals surface area contributed by atoms with Crippen molar-refractivity contribution in [2.45, 2.75) is 20.8 Å². The fourth-order valence-electron chi connectivity index (χ4n) is 1.31. The molecule has 92 valence electrons.